The van der Waals surface area contributed by atoms with Crippen molar-refractivity contribution in [2.24, 2.45) is 5.92 Å². The summed E-state index contributed by atoms with van der Waals surface area (Å²) in [6, 6.07) is 0. The zero-order valence-corrected chi connectivity index (χ0v) is 7.76. The van der Waals surface area contributed by atoms with Crippen LogP contribution in [0, 0.1) is 5.92 Å². The summed E-state index contributed by atoms with van der Waals surface area (Å²) in [5, 5.41) is 0. The highest BCUT2D eigenvalue weighted by Gasteiger charge is 2.28. The molecule has 0 bridgehead atoms. The zero-order chi connectivity index (χ0) is 8.48. The van der Waals surface area contributed by atoms with Crippen molar-refractivity contribution in [1.82, 2.24) is 0 Å². The molecule has 1 saturated carbocycles. The summed E-state index contributed by atoms with van der Waals surface area (Å²) >= 11 is 0. The Morgan fingerprint density at radius 3 is 2.45 bits per heavy atom. The number of carbonyl (C=O) groups is 1. The third kappa shape index (κ3) is 2.62. The van der Waals surface area contributed by atoms with Crippen molar-refractivity contribution in [3.8, 4) is 0 Å². The van der Waals surface area contributed by atoms with Gasteiger partial charge in [-0.2, -0.15) is 0 Å². The molecule has 0 amide bonds. The number of hydrogen-bond donors (Lipinski definition) is 0. The summed E-state index contributed by atoms with van der Waals surface area (Å²) < 4.78 is 0.913. The van der Waals surface area contributed by atoms with E-state index in [2.05, 4.69) is 21.1 Å². The Morgan fingerprint density at radius 1 is 1.45 bits per heavy atom. The average Bonchev–Trinajstić information content (AvgIpc) is 2.12. The molecule has 1 aliphatic carbocycles. The normalized spacial score (nSPS) is 26.1. The minimum absolute atomic E-state index is 0.356. The van der Waals surface area contributed by atoms with Crippen molar-refractivity contribution in [1.29, 1.82) is 0 Å². The first kappa shape index (κ1) is 8.72. The highest BCUT2D eigenvalue weighted by atomic mass is 16.1. The predicted molar refractivity (Wildman–Crippen MR) is 45.2 cm³/mol. The molecule has 64 valence electrons. The first-order chi connectivity index (χ1) is 4.99. The molecule has 0 unspecified atom stereocenters. The Hall–Kier alpha value is -0.370. The fourth-order valence-corrected chi connectivity index (χ4v) is 1.74. The lowest BCUT2D eigenvalue weighted by atomic mass is 10.1. The third-order valence-corrected chi connectivity index (χ3v) is 2.20. The molecule has 1 fully saturated rings. The van der Waals surface area contributed by atoms with Gasteiger partial charge >= 0.3 is 0 Å². The van der Waals surface area contributed by atoms with Crippen LogP contribution in [0.5, 0.6) is 0 Å². The molecule has 0 aromatic heterocycles. The molecule has 1 rings (SSSR count). The Kier molecular flexibility index (Phi) is 2.33. The summed E-state index contributed by atoms with van der Waals surface area (Å²) in [5.41, 5.74) is 0. The van der Waals surface area contributed by atoms with Gasteiger partial charge in [-0.05, 0) is 12.8 Å². The van der Waals surface area contributed by atoms with Crippen molar-refractivity contribution in [2.75, 3.05) is 27.7 Å². The second-order valence-electron chi connectivity index (χ2n) is 4.53. The molecule has 1 atom stereocenters. The van der Waals surface area contributed by atoms with E-state index >= 15 is 0 Å². The van der Waals surface area contributed by atoms with Crippen LogP contribution in [0.4, 0.5) is 0 Å². The first-order valence-electron chi connectivity index (χ1n) is 4.32. The SMILES string of the molecule is C[N+](C)(C)C[C@@H]1CCCC1=O. The largest absolute Gasteiger partial charge is 0.330 e. The fourth-order valence-electron chi connectivity index (χ4n) is 1.74. The predicted octanol–water partition coefficient (Wildman–Crippen LogP) is 1.06. The van der Waals surface area contributed by atoms with Crippen LogP contribution in [-0.4, -0.2) is 38.0 Å². The lowest BCUT2D eigenvalue weighted by molar-refractivity contribution is -0.872. The minimum atomic E-state index is 0.356. The molecule has 0 radical (unpaired) electrons. The van der Waals surface area contributed by atoms with Crippen LogP contribution in [0.1, 0.15) is 19.3 Å². The van der Waals surface area contributed by atoms with Crippen molar-refractivity contribution in [3.63, 3.8) is 0 Å². The topological polar surface area (TPSA) is 17.1 Å². The van der Waals surface area contributed by atoms with Crippen LogP contribution >= 0.6 is 0 Å². The molecule has 0 saturated heterocycles. The molecule has 11 heavy (non-hydrogen) atoms. The van der Waals surface area contributed by atoms with Gasteiger partial charge in [0.25, 0.3) is 0 Å². The number of hydrogen-bond acceptors (Lipinski definition) is 1. The molecule has 0 N–H and O–H groups in total. The summed E-state index contributed by atoms with van der Waals surface area (Å²) in [5.74, 6) is 0.841. The van der Waals surface area contributed by atoms with E-state index in [1.165, 1.54) is 0 Å². The molecule has 0 heterocycles. The lowest BCUT2D eigenvalue weighted by Crippen LogP contribution is -2.40. The van der Waals surface area contributed by atoms with Gasteiger partial charge in [0.05, 0.1) is 33.6 Å². The van der Waals surface area contributed by atoms with E-state index < -0.39 is 0 Å². The van der Waals surface area contributed by atoms with Gasteiger partial charge in [0, 0.05) is 6.42 Å². The molecule has 2 heteroatoms. The molecule has 0 aromatic rings. The van der Waals surface area contributed by atoms with E-state index in [1.54, 1.807) is 0 Å². The fraction of sp³-hybridized carbons (Fsp3) is 0.889. The summed E-state index contributed by atoms with van der Waals surface area (Å²) in [6.45, 7) is 1.01. The third-order valence-electron chi connectivity index (χ3n) is 2.20. The number of ketones is 1. The standard InChI is InChI=1S/C9H18NO/c1-10(2,3)7-8-5-4-6-9(8)11/h8H,4-7H2,1-3H3/q+1/t8-/m0/s1. The Balaban J connectivity index is 2.43. The maximum Gasteiger partial charge on any atom is 0.141 e. The maximum absolute atomic E-state index is 11.2. The zero-order valence-electron chi connectivity index (χ0n) is 7.76. The van der Waals surface area contributed by atoms with Gasteiger partial charge in [-0.3, -0.25) is 4.79 Å². The van der Waals surface area contributed by atoms with Gasteiger partial charge in [-0.25, -0.2) is 0 Å². The van der Waals surface area contributed by atoms with Gasteiger partial charge in [0.1, 0.15) is 5.78 Å². The van der Waals surface area contributed by atoms with Gasteiger partial charge in [-0.1, -0.05) is 0 Å². The van der Waals surface area contributed by atoms with E-state index in [0.717, 1.165) is 30.3 Å². The number of nitrogens with zero attached hydrogens (tertiary/aromatic N) is 1. The minimum Gasteiger partial charge on any atom is -0.330 e. The first-order valence-corrected chi connectivity index (χ1v) is 4.32. The second kappa shape index (κ2) is 2.94. The van der Waals surface area contributed by atoms with Crippen LogP contribution in [-0.2, 0) is 4.79 Å². The van der Waals surface area contributed by atoms with Crippen molar-refractivity contribution in [3.05, 3.63) is 0 Å². The van der Waals surface area contributed by atoms with E-state index in [9.17, 15) is 4.79 Å². The number of rotatable bonds is 2. The number of quaternary nitrogens is 1. The Morgan fingerprint density at radius 2 is 2.09 bits per heavy atom. The Labute approximate surface area is 68.8 Å². The molecule has 0 aliphatic heterocycles. The van der Waals surface area contributed by atoms with Crippen LogP contribution < -0.4 is 0 Å². The monoisotopic (exact) mass is 156 g/mol. The van der Waals surface area contributed by atoms with Crippen LogP contribution in [0.2, 0.25) is 0 Å². The molecule has 2 nitrogen and oxygen atoms in total. The maximum atomic E-state index is 11.2. The van der Waals surface area contributed by atoms with Crippen LogP contribution in [0.15, 0.2) is 0 Å². The van der Waals surface area contributed by atoms with E-state index in [4.69, 9.17) is 0 Å². The number of carbonyl (C=O) groups excluding carboxylic acids is 1. The van der Waals surface area contributed by atoms with Crippen molar-refractivity contribution >= 4 is 5.78 Å². The highest BCUT2D eigenvalue weighted by molar-refractivity contribution is 5.82. The Bertz CT molecular complexity index is 157. The van der Waals surface area contributed by atoms with E-state index in [-0.39, 0.29) is 0 Å². The lowest BCUT2D eigenvalue weighted by Gasteiger charge is -2.26. The average molecular weight is 156 g/mol. The molecular weight excluding hydrogens is 138 g/mol. The summed E-state index contributed by atoms with van der Waals surface area (Å²) in [4.78, 5) is 11.2. The number of Topliss-reactive ketones (excluding diaryl/α,β-unsaturated/α-hetero) is 1. The summed E-state index contributed by atoms with van der Waals surface area (Å²) in [6.07, 6.45) is 3.06. The van der Waals surface area contributed by atoms with E-state index in [1.807, 2.05) is 0 Å². The molecular formula is C9H18NO+. The van der Waals surface area contributed by atoms with Crippen LogP contribution in [0.25, 0.3) is 0 Å². The molecule has 1 aliphatic rings. The quantitative estimate of drug-likeness (QED) is 0.546. The van der Waals surface area contributed by atoms with Gasteiger partial charge in [-0.15, -0.1) is 0 Å². The van der Waals surface area contributed by atoms with Gasteiger partial charge in [0.2, 0.25) is 0 Å². The van der Waals surface area contributed by atoms with Gasteiger partial charge in [0.15, 0.2) is 0 Å². The van der Waals surface area contributed by atoms with Crippen molar-refractivity contribution in [2.45, 2.75) is 19.3 Å². The molecule has 0 aromatic carbocycles. The van der Waals surface area contributed by atoms with Crippen molar-refractivity contribution < 1.29 is 9.28 Å². The second-order valence-corrected chi connectivity index (χ2v) is 4.53. The van der Waals surface area contributed by atoms with Crippen LogP contribution in [0.3, 0.4) is 0 Å². The van der Waals surface area contributed by atoms with E-state index in [0.29, 0.717) is 11.7 Å². The smallest absolute Gasteiger partial charge is 0.141 e. The summed E-state index contributed by atoms with van der Waals surface area (Å²) in [7, 11) is 6.43. The molecule has 0 spiro atoms. The van der Waals surface area contributed by atoms with Gasteiger partial charge < -0.3 is 4.48 Å². The highest BCUT2D eigenvalue weighted by Crippen LogP contribution is 2.22.